The fraction of sp³-hybridized carbons (Fsp3) is 0.0196. The topological polar surface area (TPSA) is 145 Å². The number of nitrogens with one attached hydrogen (secondary N) is 1. The lowest BCUT2D eigenvalue weighted by Gasteiger charge is -2.12. The minimum Gasteiger partial charge on any atom is -0.508 e. The number of anilines is 1. The molecule has 0 spiro atoms. The fourth-order valence-corrected chi connectivity index (χ4v) is 6.19. The number of nitrogens with zero attached hydrogens (tertiary/aromatic N) is 6. The molecule has 0 unspecified atom stereocenters. The van der Waals surface area contributed by atoms with E-state index in [9.17, 15) is 4.79 Å². The second kappa shape index (κ2) is 27.4. The standard InChI is InChI=1S/C28H20N4O2.C11H8BrNO.C6H6O.C5H3Br2N.CH4NP/c1-2-26(33)32-23-8-6-7-19(14-23)25-15-21(13-22-16-29-18-31-28(22)25)20-11-12-27(30-17-20)34-24-9-4-3-5-10-24;12-9-6-7-11(13-8-9)14-10-4-2-1-3-5-10;7-6-4-2-1-3-5-6;6-4-1-2-5(7)8-3-4;1-2-3/h2-18H,1H2,(H,32,33);1-8H;1-5,7H;1-3H;3H,1H3. The summed E-state index contributed by atoms with van der Waals surface area (Å²) in [7, 11) is 4.47. The second-order valence-electron chi connectivity index (χ2n) is 13.1. The first-order valence-corrected chi connectivity index (χ1v) is 22.5. The summed E-state index contributed by atoms with van der Waals surface area (Å²) in [6, 6.07) is 50.9. The van der Waals surface area contributed by atoms with E-state index in [4.69, 9.17) is 14.6 Å². The second-order valence-corrected chi connectivity index (χ2v) is 16.2. The molecule has 5 aromatic carbocycles. The number of fused-ring (bicyclic) bond motifs is 1. The largest absolute Gasteiger partial charge is 0.508 e. The van der Waals surface area contributed by atoms with Gasteiger partial charge in [-0.05, 0) is 159 Å². The maximum atomic E-state index is 11.8. The van der Waals surface area contributed by atoms with Gasteiger partial charge in [0, 0.05) is 75.1 Å². The first-order chi connectivity index (χ1) is 32.1. The third-order valence-electron chi connectivity index (χ3n) is 8.38. The van der Waals surface area contributed by atoms with Gasteiger partial charge in [-0.1, -0.05) is 73.3 Å². The maximum absolute atomic E-state index is 11.8. The molecular weight excluding hydrogens is 1050 g/mol. The molecule has 0 aliphatic rings. The number of carbonyl (C=O) groups excluding carboxylic acids is 1. The zero-order valence-corrected chi connectivity index (χ0v) is 41.0. The predicted molar refractivity (Wildman–Crippen MR) is 276 cm³/mol. The van der Waals surface area contributed by atoms with Crippen molar-refractivity contribution in [3.8, 4) is 51.3 Å². The van der Waals surface area contributed by atoms with E-state index in [1.54, 1.807) is 56.1 Å². The number of carbonyl (C=O) groups is 1. The van der Waals surface area contributed by atoms with E-state index in [0.717, 1.165) is 58.2 Å². The molecule has 0 fully saturated rings. The average molecular weight is 1090 g/mol. The minimum atomic E-state index is -0.262. The van der Waals surface area contributed by atoms with E-state index >= 15 is 0 Å². The molecule has 4 heterocycles. The molecule has 330 valence electrons. The van der Waals surface area contributed by atoms with Gasteiger partial charge in [0.2, 0.25) is 17.7 Å². The lowest BCUT2D eigenvalue weighted by atomic mass is 9.96. The van der Waals surface area contributed by atoms with Crippen LogP contribution in [-0.4, -0.2) is 43.0 Å². The molecule has 0 atom stereocenters. The lowest BCUT2D eigenvalue weighted by Crippen LogP contribution is -2.07. The zero-order valence-electron chi connectivity index (χ0n) is 35.2. The summed E-state index contributed by atoms with van der Waals surface area (Å²) in [5.74, 6) is 2.70. The van der Waals surface area contributed by atoms with Crippen molar-refractivity contribution in [1.82, 2.24) is 24.9 Å². The van der Waals surface area contributed by atoms with Crippen molar-refractivity contribution in [2.24, 2.45) is 4.74 Å². The molecule has 4 aromatic heterocycles. The van der Waals surface area contributed by atoms with Crippen molar-refractivity contribution in [1.29, 1.82) is 0 Å². The van der Waals surface area contributed by atoms with Crippen LogP contribution in [0.15, 0.2) is 226 Å². The average Bonchev–Trinajstić information content (AvgIpc) is 3.35. The summed E-state index contributed by atoms with van der Waals surface area (Å²) in [4.78, 5) is 33.0. The minimum absolute atomic E-state index is 0.262. The third-order valence-corrected chi connectivity index (χ3v) is 9.79. The van der Waals surface area contributed by atoms with Gasteiger partial charge < -0.3 is 19.9 Å². The number of hydrogen-bond donors (Lipinski definition) is 2. The SMILES string of the molecule is Brc1ccc(Br)nc1.Brc1ccc(Oc2ccccc2)nc1.C=CC(=O)Nc1cccc(-c2cc(-c3ccc(Oc4ccccc4)nc3)cc3cncnc23)c1.CN=P.Oc1ccccc1. The highest BCUT2D eigenvalue weighted by molar-refractivity contribution is 9.11. The Hall–Kier alpha value is -6.96. The van der Waals surface area contributed by atoms with Crippen molar-refractivity contribution >= 4 is 79.3 Å². The van der Waals surface area contributed by atoms with Crippen LogP contribution in [0.2, 0.25) is 0 Å². The summed E-state index contributed by atoms with van der Waals surface area (Å²) in [5.41, 5.74) is 5.25. The van der Waals surface area contributed by atoms with Crippen LogP contribution in [0.1, 0.15) is 0 Å². The third kappa shape index (κ3) is 17.2. The van der Waals surface area contributed by atoms with Gasteiger partial charge in [0.1, 0.15) is 28.2 Å². The number of aromatic nitrogens is 5. The van der Waals surface area contributed by atoms with Gasteiger partial charge in [-0.15, -0.1) is 0 Å². The van der Waals surface area contributed by atoms with Gasteiger partial charge in [-0.3, -0.25) is 9.54 Å². The van der Waals surface area contributed by atoms with Crippen molar-refractivity contribution in [2.75, 3.05) is 12.4 Å². The molecule has 11 nitrogen and oxygen atoms in total. The highest BCUT2D eigenvalue weighted by Crippen LogP contribution is 2.34. The summed E-state index contributed by atoms with van der Waals surface area (Å²) in [6.45, 7) is 3.51. The van der Waals surface area contributed by atoms with E-state index in [-0.39, 0.29) is 5.91 Å². The Labute approximate surface area is 410 Å². The number of amides is 1. The highest BCUT2D eigenvalue weighted by atomic mass is 79.9. The molecule has 0 saturated carbocycles. The number of hydrogen-bond acceptors (Lipinski definition) is 10. The van der Waals surface area contributed by atoms with E-state index in [1.807, 2.05) is 133 Å². The number of benzene rings is 5. The number of halogens is 3. The molecule has 2 N–H and O–H groups in total. The summed E-state index contributed by atoms with van der Waals surface area (Å²) in [5, 5.41) is 12.3. The van der Waals surface area contributed by atoms with Crippen molar-refractivity contribution in [2.45, 2.75) is 0 Å². The molecule has 0 aliphatic heterocycles. The number of pyridine rings is 3. The van der Waals surface area contributed by atoms with Gasteiger partial charge in [0.05, 0.1) is 5.52 Å². The normalized spacial score (nSPS) is 9.76. The van der Waals surface area contributed by atoms with Crippen LogP contribution < -0.4 is 14.8 Å². The van der Waals surface area contributed by atoms with E-state index in [0.29, 0.717) is 23.2 Å². The van der Waals surface area contributed by atoms with Crippen LogP contribution >= 0.6 is 56.8 Å². The molecule has 9 aromatic rings. The smallest absolute Gasteiger partial charge is 0.247 e. The number of ether oxygens (including phenoxy) is 2. The van der Waals surface area contributed by atoms with Gasteiger partial charge >= 0.3 is 0 Å². The highest BCUT2D eigenvalue weighted by Gasteiger charge is 2.12. The van der Waals surface area contributed by atoms with Crippen molar-refractivity contribution in [3.05, 3.63) is 221 Å². The summed E-state index contributed by atoms with van der Waals surface area (Å²) >= 11 is 9.79. The lowest BCUT2D eigenvalue weighted by molar-refractivity contribution is -0.111. The fourth-order valence-electron chi connectivity index (χ4n) is 5.49. The predicted octanol–water partition coefficient (Wildman–Crippen LogP) is 14.9. The number of phenols is 1. The van der Waals surface area contributed by atoms with Gasteiger partial charge in [0.25, 0.3) is 0 Å². The van der Waals surface area contributed by atoms with Crippen LogP contribution in [0.25, 0.3) is 33.2 Å². The Balaban J connectivity index is 0.000000206. The first kappa shape index (κ1) is 50.0. The Kier molecular flexibility index (Phi) is 20.8. The van der Waals surface area contributed by atoms with Crippen molar-refractivity contribution < 1.29 is 19.4 Å². The number of phenolic OH excluding ortho intramolecular Hbond substituents is 1. The van der Waals surface area contributed by atoms with Gasteiger partial charge in [-0.2, -0.15) is 0 Å². The van der Waals surface area contributed by atoms with Gasteiger partial charge in [0.15, 0.2) is 0 Å². The number of rotatable bonds is 8. The van der Waals surface area contributed by atoms with Crippen LogP contribution in [-0.2, 0) is 4.79 Å². The van der Waals surface area contributed by atoms with Crippen molar-refractivity contribution in [3.63, 3.8) is 0 Å². The monoisotopic (exact) mass is 1080 g/mol. The summed E-state index contributed by atoms with van der Waals surface area (Å²) < 4.78 is 17.4. The molecule has 0 bridgehead atoms. The zero-order chi connectivity index (χ0) is 46.9. The molecule has 1 amide bonds. The number of para-hydroxylation sites is 3. The Morgan fingerprint density at radius 3 is 1.71 bits per heavy atom. The van der Waals surface area contributed by atoms with E-state index in [2.05, 4.69) is 104 Å². The Morgan fingerprint density at radius 2 is 1.21 bits per heavy atom. The van der Waals surface area contributed by atoms with Gasteiger partial charge in [-0.25, -0.2) is 24.9 Å². The van der Waals surface area contributed by atoms with Crippen LogP contribution in [0.4, 0.5) is 5.69 Å². The molecule has 15 heteroatoms. The Bertz CT molecular complexity index is 2870. The van der Waals surface area contributed by atoms with E-state index < -0.39 is 0 Å². The van der Waals surface area contributed by atoms with Crippen LogP contribution in [0.3, 0.4) is 0 Å². The molecule has 0 saturated heterocycles. The molecular formula is C51H41Br3N7O4P. The first-order valence-electron chi connectivity index (χ1n) is 19.7. The van der Waals surface area contributed by atoms with Crippen LogP contribution in [0.5, 0.6) is 29.0 Å². The van der Waals surface area contributed by atoms with Crippen LogP contribution in [0, 0.1) is 0 Å². The molecule has 66 heavy (non-hydrogen) atoms. The van der Waals surface area contributed by atoms with E-state index in [1.165, 1.54) is 12.4 Å². The molecule has 0 radical (unpaired) electrons. The molecule has 0 aliphatic carbocycles. The maximum Gasteiger partial charge on any atom is 0.247 e. The molecule has 9 rings (SSSR count). The Morgan fingerprint density at radius 1 is 0.636 bits per heavy atom. The summed E-state index contributed by atoms with van der Waals surface area (Å²) in [6.07, 6.45) is 9.80. The quantitative estimate of drug-likeness (QED) is 0.0863. The number of aromatic hydroxyl groups is 1.